The van der Waals surface area contributed by atoms with Crippen LogP contribution in [0.15, 0.2) is 42.6 Å². The highest BCUT2D eigenvalue weighted by atomic mass is 35.5. The van der Waals surface area contributed by atoms with E-state index in [4.69, 9.17) is 16.3 Å². The smallest absolute Gasteiger partial charge is 0.257 e. The first-order chi connectivity index (χ1) is 20.2. The van der Waals surface area contributed by atoms with E-state index >= 15 is 4.39 Å². The average molecular weight is 596 g/mol. The van der Waals surface area contributed by atoms with E-state index in [0.717, 1.165) is 55.7 Å². The van der Waals surface area contributed by atoms with Gasteiger partial charge < -0.3 is 24.3 Å². The molecule has 3 aromatic rings. The lowest BCUT2D eigenvalue weighted by atomic mass is 9.88. The number of aryl methyl sites for hydroxylation is 1. The molecule has 1 aromatic heterocycles. The Morgan fingerprint density at radius 3 is 2.57 bits per heavy atom. The number of aldehydes is 1. The molecule has 1 saturated carbocycles. The maximum absolute atomic E-state index is 15.4. The van der Waals surface area contributed by atoms with Crippen molar-refractivity contribution in [3.8, 4) is 0 Å². The zero-order valence-electron chi connectivity index (χ0n) is 24.4. The summed E-state index contributed by atoms with van der Waals surface area (Å²) in [5.41, 5.74) is 1.71. The number of ether oxygens (including phenoxy) is 1. The van der Waals surface area contributed by atoms with Crippen molar-refractivity contribution in [1.82, 2.24) is 9.47 Å². The largest absolute Gasteiger partial charge is 0.376 e. The third kappa shape index (κ3) is 6.40. The number of para-hydroxylation sites is 1. The van der Waals surface area contributed by atoms with Gasteiger partial charge in [-0.25, -0.2) is 4.39 Å². The van der Waals surface area contributed by atoms with Gasteiger partial charge >= 0.3 is 0 Å². The number of amides is 2. The van der Waals surface area contributed by atoms with Crippen LogP contribution in [-0.4, -0.2) is 52.4 Å². The van der Waals surface area contributed by atoms with Gasteiger partial charge in [0.15, 0.2) is 0 Å². The van der Waals surface area contributed by atoms with Crippen LogP contribution in [0.2, 0.25) is 5.02 Å². The first-order valence-corrected chi connectivity index (χ1v) is 15.3. The maximum Gasteiger partial charge on any atom is 0.257 e. The van der Waals surface area contributed by atoms with Gasteiger partial charge in [0.25, 0.3) is 5.91 Å². The number of hydrogen-bond donors (Lipinski definition) is 1. The second-order valence-corrected chi connectivity index (χ2v) is 12.5. The molecule has 2 atom stereocenters. The van der Waals surface area contributed by atoms with Gasteiger partial charge in [0.05, 0.1) is 41.4 Å². The van der Waals surface area contributed by atoms with Gasteiger partial charge in [0.2, 0.25) is 5.91 Å². The molecule has 0 spiro atoms. The summed E-state index contributed by atoms with van der Waals surface area (Å²) in [4.78, 5) is 39.7. The van der Waals surface area contributed by atoms with Crippen LogP contribution >= 0.6 is 11.6 Å². The number of likely N-dealkylation sites (tertiary alicyclic amines) is 1. The van der Waals surface area contributed by atoms with E-state index < -0.39 is 11.7 Å². The van der Waals surface area contributed by atoms with E-state index in [0.29, 0.717) is 12.2 Å². The summed E-state index contributed by atoms with van der Waals surface area (Å²) >= 11 is 6.51. The highest BCUT2D eigenvalue weighted by Gasteiger charge is 2.39. The molecule has 5 rings (SSSR count). The number of nitrogens with zero attached hydrogens (tertiary/aromatic N) is 2. The SMILES string of the molecule is CC(C)[C@H]1CC[C@@H](COC2CCC(C=O)CC2)N1C(=O)Cc1cc(Cl)c(NC(=O)c2cn(C)c3ccccc23)cc1F. The molecule has 2 heterocycles. The third-order valence-electron chi connectivity index (χ3n) is 8.91. The number of aromatic nitrogens is 1. The van der Waals surface area contributed by atoms with Crippen LogP contribution in [0.1, 0.15) is 68.3 Å². The minimum Gasteiger partial charge on any atom is -0.376 e. The second-order valence-electron chi connectivity index (χ2n) is 12.1. The summed E-state index contributed by atoms with van der Waals surface area (Å²) in [7, 11) is 1.86. The van der Waals surface area contributed by atoms with Crippen LogP contribution in [0.4, 0.5) is 10.1 Å². The zero-order chi connectivity index (χ0) is 30.0. The Balaban J connectivity index is 1.27. The Hall–Kier alpha value is -3.23. The fourth-order valence-corrected chi connectivity index (χ4v) is 6.78. The molecule has 0 unspecified atom stereocenters. The molecule has 9 heteroatoms. The molecule has 0 radical (unpaired) electrons. The van der Waals surface area contributed by atoms with Crippen molar-refractivity contribution in [2.75, 3.05) is 11.9 Å². The maximum atomic E-state index is 15.4. The first-order valence-electron chi connectivity index (χ1n) is 14.9. The van der Waals surface area contributed by atoms with E-state index in [-0.39, 0.29) is 58.6 Å². The van der Waals surface area contributed by atoms with Crippen molar-refractivity contribution in [1.29, 1.82) is 0 Å². The molecule has 1 N–H and O–H groups in total. The van der Waals surface area contributed by atoms with Gasteiger partial charge in [-0.2, -0.15) is 0 Å². The Labute approximate surface area is 251 Å². The number of benzene rings is 2. The number of halogens is 2. The monoisotopic (exact) mass is 595 g/mol. The van der Waals surface area contributed by atoms with Gasteiger partial charge in [-0.1, -0.05) is 43.6 Å². The van der Waals surface area contributed by atoms with E-state index in [1.54, 1.807) is 6.20 Å². The number of nitrogens with one attached hydrogen (secondary N) is 1. The molecule has 1 aliphatic heterocycles. The number of carbonyl (C=O) groups is 3. The fourth-order valence-electron chi connectivity index (χ4n) is 6.54. The highest BCUT2D eigenvalue weighted by molar-refractivity contribution is 6.34. The summed E-state index contributed by atoms with van der Waals surface area (Å²) < 4.78 is 23.5. The normalized spacial score (nSPS) is 22.6. The first kappa shape index (κ1) is 30.2. The summed E-state index contributed by atoms with van der Waals surface area (Å²) in [5, 5.41) is 3.69. The molecule has 7 nitrogen and oxygen atoms in total. The Bertz CT molecular complexity index is 1460. The van der Waals surface area contributed by atoms with E-state index in [9.17, 15) is 14.4 Å². The summed E-state index contributed by atoms with van der Waals surface area (Å²) in [5.74, 6) is -0.773. The van der Waals surface area contributed by atoms with Crippen LogP contribution < -0.4 is 5.32 Å². The minimum atomic E-state index is -0.596. The molecule has 2 fully saturated rings. The molecule has 42 heavy (non-hydrogen) atoms. The quantitative estimate of drug-likeness (QED) is 0.284. The van der Waals surface area contributed by atoms with Crippen molar-refractivity contribution in [2.24, 2.45) is 18.9 Å². The number of carbonyl (C=O) groups excluding carboxylic acids is 3. The molecule has 2 amide bonds. The van der Waals surface area contributed by atoms with Crippen LogP contribution in [0.3, 0.4) is 0 Å². The number of fused-ring (bicyclic) bond motifs is 1. The van der Waals surface area contributed by atoms with Crippen LogP contribution in [0.25, 0.3) is 10.9 Å². The Morgan fingerprint density at radius 1 is 1.12 bits per heavy atom. The van der Waals surface area contributed by atoms with Crippen molar-refractivity contribution in [3.63, 3.8) is 0 Å². The molecule has 224 valence electrons. The predicted molar refractivity (Wildman–Crippen MR) is 162 cm³/mol. The Kier molecular flexibility index (Phi) is 9.33. The average Bonchev–Trinajstić information content (AvgIpc) is 3.56. The van der Waals surface area contributed by atoms with Crippen LogP contribution in [0.5, 0.6) is 0 Å². The van der Waals surface area contributed by atoms with Gasteiger partial charge in [-0.05, 0) is 68.2 Å². The topological polar surface area (TPSA) is 80.6 Å². The van der Waals surface area contributed by atoms with Crippen LogP contribution in [-0.2, 0) is 27.8 Å². The van der Waals surface area contributed by atoms with E-state index in [2.05, 4.69) is 19.2 Å². The zero-order valence-corrected chi connectivity index (χ0v) is 25.2. The molecule has 2 aliphatic rings. The molecule has 0 bridgehead atoms. The Morgan fingerprint density at radius 2 is 1.86 bits per heavy atom. The minimum absolute atomic E-state index is 0.0506. The van der Waals surface area contributed by atoms with Gasteiger partial charge in [0.1, 0.15) is 12.1 Å². The van der Waals surface area contributed by atoms with Crippen molar-refractivity contribution in [2.45, 2.75) is 77.0 Å². The van der Waals surface area contributed by atoms with E-state index in [1.807, 2.05) is 40.8 Å². The lowest BCUT2D eigenvalue weighted by Crippen LogP contribution is -2.46. The van der Waals surface area contributed by atoms with Gasteiger partial charge in [-0.3, -0.25) is 9.59 Å². The highest BCUT2D eigenvalue weighted by Crippen LogP contribution is 2.33. The number of anilines is 1. The summed E-state index contributed by atoms with van der Waals surface area (Å²) in [6.07, 6.45) is 7.83. The lowest BCUT2D eigenvalue weighted by molar-refractivity contribution is -0.136. The molecule has 2 aromatic carbocycles. The van der Waals surface area contributed by atoms with Gasteiger partial charge in [-0.15, -0.1) is 0 Å². The standard InChI is InChI=1S/C33H39ClFN3O4/c1-20(2)30-13-10-23(19-42-24-11-8-21(18-39)9-12-24)38(30)32(40)15-22-14-27(34)29(16-28(22)35)36-33(41)26-17-37(3)31-7-5-4-6-25(26)31/h4-7,14,16-18,20-21,23-24,30H,8-13,15,19H2,1-3H3,(H,36,41)/t21?,23-,24?,30+/m0/s1. The fraction of sp³-hybridized carbons (Fsp3) is 0.485. The summed E-state index contributed by atoms with van der Waals surface area (Å²) in [6, 6.07) is 10.1. The van der Waals surface area contributed by atoms with Crippen molar-refractivity contribution < 1.29 is 23.5 Å². The lowest BCUT2D eigenvalue weighted by Gasteiger charge is -2.34. The molecule has 1 saturated heterocycles. The summed E-state index contributed by atoms with van der Waals surface area (Å²) in [6.45, 7) is 4.63. The molecular weight excluding hydrogens is 557 g/mol. The van der Waals surface area contributed by atoms with E-state index in [1.165, 1.54) is 12.1 Å². The van der Waals surface area contributed by atoms with Crippen molar-refractivity contribution in [3.05, 3.63) is 64.6 Å². The van der Waals surface area contributed by atoms with Crippen molar-refractivity contribution >= 4 is 46.3 Å². The third-order valence-corrected chi connectivity index (χ3v) is 9.22. The number of rotatable bonds is 9. The predicted octanol–water partition coefficient (Wildman–Crippen LogP) is 6.56. The van der Waals surface area contributed by atoms with Crippen LogP contribution in [0, 0.1) is 17.7 Å². The molecule has 1 aliphatic carbocycles. The second kappa shape index (κ2) is 13.0. The molecular formula is C33H39ClFN3O4. The number of hydrogen-bond acceptors (Lipinski definition) is 4. The van der Waals surface area contributed by atoms with Gasteiger partial charge in [0, 0.05) is 36.1 Å².